The van der Waals surface area contributed by atoms with Gasteiger partial charge in [-0.05, 0) is 19.9 Å². The molecule has 1 aromatic carbocycles. The number of benzene rings is 1. The highest BCUT2D eigenvalue weighted by Crippen LogP contribution is 2.06. The standard InChI is InChI=1S/C13H19FN2O2/c1-13(2,9-18-3)16-12(17)15-8-10-6-4-5-7-11(10)14/h4-7H,8-9H2,1-3H3,(H2,15,16,17). The SMILES string of the molecule is COCC(C)(C)NC(=O)NCc1ccccc1F. The molecule has 5 heteroatoms. The van der Waals surface area contributed by atoms with E-state index in [0.29, 0.717) is 12.2 Å². The summed E-state index contributed by atoms with van der Waals surface area (Å²) in [5.41, 5.74) is -0.00848. The number of hydrogen-bond acceptors (Lipinski definition) is 2. The van der Waals surface area contributed by atoms with E-state index in [1.54, 1.807) is 25.3 Å². The van der Waals surface area contributed by atoms with E-state index in [0.717, 1.165) is 0 Å². The molecule has 0 bridgehead atoms. The van der Waals surface area contributed by atoms with Crippen molar-refractivity contribution in [2.24, 2.45) is 0 Å². The Labute approximate surface area is 107 Å². The number of urea groups is 1. The third kappa shape index (κ3) is 4.71. The number of methoxy groups -OCH3 is 1. The van der Waals surface area contributed by atoms with Crippen LogP contribution in [0.25, 0.3) is 0 Å². The summed E-state index contributed by atoms with van der Waals surface area (Å²) in [6.07, 6.45) is 0. The molecule has 4 nitrogen and oxygen atoms in total. The maximum Gasteiger partial charge on any atom is 0.315 e. The summed E-state index contributed by atoms with van der Waals surface area (Å²) < 4.78 is 18.3. The van der Waals surface area contributed by atoms with Gasteiger partial charge in [-0.1, -0.05) is 18.2 Å². The molecule has 0 heterocycles. The van der Waals surface area contributed by atoms with Gasteiger partial charge in [-0.25, -0.2) is 9.18 Å². The number of nitrogens with one attached hydrogen (secondary N) is 2. The summed E-state index contributed by atoms with van der Waals surface area (Å²) in [5.74, 6) is -0.325. The van der Waals surface area contributed by atoms with Crippen LogP contribution in [-0.2, 0) is 11.3 Å². The van der Waals surface area contributed by atoms with E-state index >= 15 is 0 Å². The lowest BCUT2D eigenvalue weighted by Crippen LogP contribution is -2.50. The molecule has 0 aliphatic heterocycles. The van der Waals surface area contributed by atoms with Crippen molar-refractivity contribution >= 4 is 6.03 Å². The van der Waals surface area contributed by atoms with Gasteiger partial charge in [0.05, 0.1) is 12.1 Å². The maximum absolute atomic E-state index is 13.3. The van der Waals surface area contributed by atoms with Crippen molar-refractivity contribution in [1.29, 1.82) is 0 Å². The van der Waals surface area contributed by atoms with E-state index in [9.17, 15) is 9.18 Å². The Balaban J connectivity index is 2.45. The van der Waals surface area contributed by atoms with Crippen molar-refractivity contribution in [2.45, 2.75) is 25.9 Å². The quantitative estimate of drug-likeness (QED) is 0.845. The van der Waals surface area contributed by atoms with Crippen LogP contribution in [0.3, 0.4) is 0 Å². The van der Waals surface area contributed by atoms with E-state index in [2.05, 4.69) is 10.6 Å². The first-order valence-electron chi connectivity index (χ1n) is 5.73. The van der Waals surface area contributed by atoms with Crippen molar-refractivity contribution in [3.63, 3.8) is 0 Å². The summed E-state index contributed by atoms with van der Waals surface area (Å²) in [4.78, 5) is 11.6. The number of rotatable bonds is 5. The molecule has 100 valence electrons. The highest BCUT2D eigenvalue weighted by Gasteiger charge is 2.19. The van der Waals surface area contributed by atoms with Crippen LogP contribution in [-0.4, -0.2) is 25.3 Å². The van der Waals surface area contributed by atoms with Crippen LogP contribution in [0.15, 0.2) is 24.3 Å². The lowest BCUT2D eigenvalue weighted by Gasteiger charge is -2.25. The normalized spacial score (nSPS) is 11.1. The van der Waals surface area contributed by atoms with Crippen LogP contribution in [0.4, 0.5) is 9.18 Å². The molecule has 1 rings (SSSR count). The minimum atomic E-state index is -0.464. The molecule has 0 aliphatic carbocycles. The zero-order valence-corrected chi connectivity index (χ0v) is 10.9. The molecule has 0 unspecified atom stereocenters. The van der Waals surface area contributed by atoms with E-state index in [1.807, 2.05) is 13.8 Å². The van der Waals surface area contributed by atoms with E-state index in [1.165, 1.54) is 6.07 Å². The van der Waals surface area contributed by atoms with Crippen molar-refractivity contribution in [1.82, 2.24) is 10.6 Å². The van der Waals surface area contributed by atoms with Crippen molar-refractivity contribution < 1.29 is 13.9 Å². The Morgan fingerprint density at radius 3 is 2.67 bits per heavy atom. The molecule has 0 aromatic heterocycles. The van der Waals surface area contributed by atoms with Gasteiger partial charge in [0.25, 0.3) is 0 Å². The van der Waals surface area contributed by atoms with Crippen LogP contribution in [0, 0.1) is 5.82 Å². The minimum absolute atomic E-state index is 0.154. The van der Waals surface area contributed by atoms with E-state index < -0.39 is 5.54 Å². The number of halogens is 1. The predicted octanol–water partition coefficient (Wildman–Crippen LogP) is 2.05. The van der Waals surface area contributed by atoms with E-state index in [-0.39, 0.29) is 18.4 Å². The molecule has 0 saturated heterocycles. The van der Waals surface area contributed by atoms with Gasteiger partial charge in [0, 0.05) is 19.2 Å². The lowest BCUT2D eigenvalue weighted by molar-refractivity contribution is 0.131. The Kier molecular flexibility index (Phi) is 5.09. The Hall–Kier alpha value is -1.62. The largest absolute Gasteiger partial charge is 0.382 e. The van der Waals surface area contributed by atoms with Gasteiger partial charge in [-0.3, -0.25) is 0 Å². The predicted molar refractivity (Wildman–Crippen MR) is 67.7 cm³/mol. The van der Waals surface area contributed by atoms with Gasteiger partial charge in [0.15, 0.2) is 0 Å². The van der Waals surface area contributed by atoms with Crippen LogP contribution >= 0.6 is 0 Å². The summed E-state index contributed by atoms with van der Waals surface area (Å²) in [7, 11) is 1.57. The number of carbonyl (C=O) groups is 1. The first-order valence-corrected chi connectivity index (χ1v) is 5.73. The molecule has 0 fully saturated rings. The smallest absolute Gasteiger partial charge is 0.315 e. The molecular weight excluding hydrogens is 235 g/mol. The lowest BCUT2D eigenvalue weighted by atomic mass is 10.1. The first kappa shape index (κ1) is 14.4. The molecular formula is C13H19FN2O2. The zero-order chi connectivity index (χ0) is 13.6. The van der Waals surface area contributed by atoms with Gasteiger partial charge in [-0.15, -0.1) is 0 Å². The number of hydrogen-bond donors (Lipinski definition) is 2. The molecule has 18 heavy (non-hydrogen) atoms. The zero-order valence-electron chi connectivity index (χ0n) is 10.9. The maximum atomic E-state index is 13.3. The molecule has 2 N–H and O–H groups in total. The number of amides is 2. The van der Waals surface area contributed by atoms with Gasteiger partial charge in [0.2, 0.25) is 0 Å². The Morgan fingerprint density at radius 2 is 2.06 bits per heavy atom. The van der Waals surface area contributed by atoms with Gasteiger partial charge in [0.1, 0.15) is 5.82 Å². The molecule has 0 spiro atoms. The third-order valence-corrected chi connectivity index (χ3v) is 2.35. The minimum Gasteiger partial charge on any atom is -0.382 e. The summed E-state index contributed by atoms with van der Waals surface area (Å²) in [6.45, 7) is 4.25. The molecule has 0 saturated carbocycles. The molecule has 0 atom stereocenters. The summed E-state index contributed by atoms with van der Waals surface area (Å²) >= 11 is 0. The van der Waals surface area contributed by atoms with Crippen LogP contribution in [0.1, 0.15) is 19.4 Å². The highest BCUT2D eigenvalue weighted by atomic mass is 19.1. The second-order valence-corrected chi connectivity index (χ2v) is 4.72. The highest BCUT2D eigenvalue weighted by molar-refractivity contribution is 5.74. The van der Waals surface area contributed by atoms with E-state index in [4.69, 9.17) is 4.74 Å². The second kappa shape index (κ2) is 6.35. The fraction of sp³-hybridized carbons (Fsp3) is 0.462. The van der Waals surface area contributed by atoms with Crippen LogP contribution in [0.5, 0.6) is 0 Å². The van der Waals surface area contributed by atoms with Crippen molar-refractivity contribution in [3.05, 3.63) is 35.6 Å². The summed E-state index contributed by atoms with van der Waals surface area (Å²) in [5, 5.41) is 5.36. The molecule has 1 aromatic rings. The fourth-order valence-electron chi connectivity index (χ4n) is 1.57. The Bertz CT molecular complexity index is 408. The molecule has 0 radical (unpaired) electrons. The summed E-state index contributed by atoms with van der Waals surface area (Å²) in [6, 6.07) is 5.99. The Morgan fingerprint density at radius 1 is 1.39 bits per heavy atom. The van der Waals surface area contributed by atoms with Gasteiger partial charge < -0.3 is 15.4 Å². The number of carbonyl (C=O) groups excluding carboxylic acids is 1. The first-order chi connectivity index (χ1) is 8.44. The number of ether oxygens (including phenoxy) is 1. The van der Waals surface area contributed by atoms with Gasteiger partial charge in [-0.2, -0.15) is 0 Å². The van der Waals surface area contributed by atoms with Gasteiger partial charge >= 0.3 is 6.03 Å². The topological polar surface area (TPSA) is 50.4 Å². The third-order valence-electron chi connectivity index (χ3n) is 2.35. The van der Waals surface area contributed by atoms with Crippen LogP contribution < -0.4 is 10.6 Å². The monoisotopic (exact) mass is 254 g/mol. The van der Waals surface area contributed by atoms with Crippen molar-refractivity contribution in [3.8, 4) is 0 Å². The fourth-order valence-corrected chi connectivity index (χ4v) is 1.57. The van der Waals surface area contributed by atoms with Crippen molar-refractivity contribution in [2.75, 3.05) is 13.7 Å². The molecule has 0 aliphatic rings. The average molecular weight is 254 g/mol. The second-order valence-electron chi connectivity index (χ2n) is 4.72. The molecule has 2 amide bonds. The van der Waals surface area contributed by atoms with Crippen LogP contribution in [0.2, 0.25) is 0 Å². The average Bonchev–Trinajstić information content (AvgIpc) is 2.27.